The molecule has 0 saturated heterocycles. The van der Waals surface area contributed by atoms with Gasteiger partial charge >= 0.3 is 0 Å². The van der Waals surface area contributed by atoms with Gasteiger partial charge in [-0.15, -0.1) is 5.10 Å². The Kier molecular flexibility index (Phi) is 3.95. The Morgan fingerprint density at radius 3 is 2.67 bits per heavy atom. The summed E-state index contributed by atoms with van der Waals surface area (Å²) in [6.45, 7) is 4.96. The maximum absolute atomic E-state index is 4.48. The molecule has 0 radical (unpaired) electrons. The van der Waals surface area contributed by atoms with E-state index in [-0.39, 0.29) is 0 Å². The average molecular weight is 280 g/mol. The standard InChI is InChI=1S/C17H20N4/c1-13-14(2)19-20-17(18-13)9-5-6-11-21-12-10-15-7-3-4-8-16(15)21/h3-4,7-8,10,12H,5-6,9,11H2,1-2H3. The molecule has 0 fully saturated rings. The number of hydrogen-bond donors (Lipinski definition) is 0. The molecule has 0 aliphatic rings. The minimum absolute atomic E-state index is 0.857. The zero-order valence-corrected chi connectivity index (χ0v) is 12.6. The quantitative estimate of drug-likeness (QED) is 0.672. The molecule has 4 heteroatoms. The van der Waals surface area contributed by atoms with Crippen LogP contribution in [0.25, 0.3) is 10.9 Å². The van der Waals surface area contributed by atoms with Gasteiger partial charge in [0.15, 0.2) is 5.82 Å². The first-order valence-electron chi connectivity index (χ1n) is 7.45. The fourth-order valence-electron chi connectivity index (χ4n) is 2.51. The number of fused-ring (bicyclic) bond motifs is 1. The summed E-state index contributed by atoms with van der Waals surface area (Å²) < 4.78 is 2.31. The molecule has 4 nitrogen and oxygen atoms in total. The minimum Gasteiger partial charge on any atom is -0.347 e. The van der Waals surface area contributed by atoms with Gasteiger partial charge in [-0.1, -0.05) is 18.2 Å². The fourth-order valence-corrected chi connectivity index (χ4v) is 2.51. The highest BCUT2D eigenvalue weighted by Crippen LogP contribution is 2.16. The maximum atomic E-state index is 4.48. The predicted octanol–water partition coefficient (Wildman–Crippen LogP) is 3.47. The molecule has 3 rings (SSSR count). The molecule has 21 heavy (non-hydrogen) atoms. The summed E-state index contributed by atoms with van der Waals surface area (Å²) in [6.07, 6.45) is 5.26. The lowest BCUT2D eigenvalue weighted by Crippen LogP contribution is -2.03. The summed E-state index contributed by atoms with van der Waals surface area (Å²) in [6, 6.07) is 10.7. The summed E-state index contributed by atoms with van der Waals surface area (Å²) in [4.78, 5) is 4.48. The first kappa shape index (κ1) is 13.7. The molecule has 1 aromatic carbocycles. The summed E-state index contributed by atoms with van der Waals surface area (Å²) in [5.41, 5.74) is 3.20. The Labute approximate surface area is 124 Å². The summed E-state index contributed by atoms with van der Waals surface area (Å²) in [5, 5.41) is 9.59. The third-order valence-electron chi connectivity index (χ3n) is 3.87. The van der Waals surface area contributed by atoms with E-state index in [1.54, 1.807) is 0 Å². The maximum Gasteiger partial charge on any atom is 0.151 e. The highest BCUT2D eigenvalue weighted by Gasteiger charge is 2.03. The van der Waals surface area contributed by atoms with E-state index >= 15 is 0 Å². The van der Waals surface area contributed by atoms with Gasteiger partial charge in [-0.3, -0.25) is 0 Å². The van der Waals surface area contributed by atoms with E-state index in [1.165, 1.54) is 10.9 Å². The molecule has 0 atom stereocenters. The number of benzene rings is 1. The number of nitrogens with zero attached hydrogens (tertiary/aromatic N) is 4. The molecular formula is C17H20N4. The van der Waals surface area contributed by atoms with Gasteiger partial charge in [0.1, 0.15) is 0 Å². The van der Waals surface area contributed by atoms with Crippen LogP contribution in [0.5, 0.6) is 0 Å². The molecular weight excluding hydrogens is 260 g/mol. The molecule has 0 aliphatic heterocycles. The van der Waals surface area contributed by atoms with Crippen LogP contribution in [0, 0.1) is 13.8 Å². The first-order chi connectivity index (χ1) is 10.2. The predicted molar refractivity (Wildman–Crippen MR) is 84.2 cm³/mol. The van der Waals surface area contributed by atoms with E-state index in [0.717, 1.165) is 43.0 Å². The van der Waals surface area contributed by atoms with E-state index in [2.05, 4.69) is 56.3 Å². The number of aryl methyl sites for hydroxylation is 4. The van der Waals surface area contributed by atoms with Gasteiger partial charge in [-0.25, -0.2) is 4.98 Å². The second kappa shape index (κ2) is 6.04. The smallest absolute Gasteiger partial charge is 0.151 e. The Balaban J connectivity index is 1.55. The molecule has 0 bridgehead atoms. The van der Waals surface area contributed by atoms with Crippen LogP contribution in [0.2, 0.25) is 0 Å². The summed E-state index contributed by atoms with van der Waals surface area (Å²) in [7, 11) is 0. The van der Waals surface area contributed by atoms with Crippen molar-refractivity contribution in [3.63, 3.8) is 0 Å². The van der Waals surface area contributed by atoms with E-state index < -0.39 is 0 Å². The Morgan fingerprint density at radius 2 is 1.81 bits per heavy atom. The lowest BCUT2D eigenvalue weighted by Gasteiger charge is -2.05. The van der Waals surface area contributed by atoms with Crippen molar-refractivity contribution in [1.29, 1.82) is 0 Å². The SMILES string of the molecule is Cc1nnc(CCCCn2ccc3ccccc32)nc1C. The zero-order chi connectivity index (χ0) is 14.7. The number of unbranched alkanes of at least 4 members (excludes halogenated alkanes) is 1. The Morgan fingerprint density at radius 1 is 0.952 bits per heavy atom. The lowest BCUT2D eigenvalue weighted by atomic mass is 10.2. The average Bonchev–Trinajstić information content (AvgIpc) is 2.91. The topological polar surface area (TPSA) is 43.6 Å². The van der Waals surface area contributed by atoms with Crippen molar-refractivity contribution >= 4 is 10.9 Å². The number of aromatic nitrogens is 4. The van der Waals surface area contributed by atoms with Gasteiger partial charge in [0, 0.05) is 24.7 Å². The fraction of sp³-hybridized carbons (Fsp3) is 0.353. The molecule has 0 spiro atoms. The summed E-state index contributed by atoms with van der Waals surface area (Å²) in [5.74, 6) is 0.857. The Bertz CT molecular complexity index is 745. The molecule has 0 N–H and O–H groups in total. The van der Waals surface area contributed by atoms with Gasteiger partial charge in [0.2, 0.25) is 0 Å². The van der Waals surface area contributed by atoms with Crippen molar-refractivity contribution < 1.29 is 0 Å². The van der Waals surface area contributed by atoms with Crippen molar-refractivity contribution in [3.05, 3.63) is 53.7 Å². The number of rotatable bonds is 5. The van der Waals surface area contributed by atoms with Crippen LogP contribution in [-0.2, 0) is 13.0 Å². The van der Waals surface area contributed by atoms with Crippen molar-refractivity contribution in [1.82, 2.24) is 19.7 Å². The van der Waals surface area contributed by atoms with Crippen molar-refractivity contribution in [3.8, 4) is 0 Å². The van der Waals surface area contributed by atoms with Crippen molar-refractivity contribution in [2.24, 2.45) is 0 Å². The highest BCUT2D eigenvalue weighted by atomic mass is 15.2. The lowest BCUT2D eigenvalue weighted by molar-refractivity contribution is 0.608. The van der Waals surface area contributed by atoms with Crippen LogP contribution < -0.4 is 0 Å². The third kappa shape index (κ3) is 3.10. The van der Waals surface area contributed by atoms with E-state index in [4.69, 9.17) is 0 Å². The summed E-state index contributed by atoms with van der Waals surface area (Å²) >= 11 is 0. The Hall–Kier alpha value is -2.23. The monoisotopic (exact) mass is 280 g/mol. The van der Waals surface area contributed by atoms with Gasteiger partial charge in [0.25, 0.3) is 0 Å². The van der Waals surface area contributed by atoms with Gasteiger partial charge in [-0.2, -0.15) is 5.10 Å². The number of para-hydroxylation sites is 1. The molecule has 108 valence electrons. The van der Waals surface area contributed by atoms with Crippen LogP contribution in [-0.4, -0.2) is 19.7 Å². The molecule has 0 unspecified atom stereocenters. The normalized spacial score (nSPS) is 11.1. The van der Waals surface area contributed by atoms with Gasteiger partial charge in [-0.05, 0) is 44.2 Å². The molecule has 3 aromatic rings. The zero-order valence-electron chi connectivity index (χ0n) is 12.6. The third-order valence-corrected chi connectivity index (χ3v) is 3.87. The molecule has 0 amide bonds. The molecule has 2 aromatic heterocycles. The number of hydrogen-bond acceptors (Lipinski definition) is 3. The first-order valence-corrected chi connectivity index (χ1v) is 7.45. The van der Waals surface area contributed by atoms with Crippen LogP contribution in [0.3, 0.4) is 0 Å². The molecule has 0 aliphatic carbocycles. The highest BCUT2D eigenvalue weighted by molar-refractivity contribution is 5.79. The van der Waals surface area contributed by atoms with Crippen molar-refractivity contribution in [2.75, 3.05) is 0 Å². The van der Waals surface area contributed by atoms with Crippen molar-refractivity contribution in [2.45, 2.75) is 39.7 Å². The van der Waals surface area contributed by atoms with Gasteiger partial charge in [0.05, 0.1) is 11.4 Å². The van der Waals surface area contributed by atoms with E-state index in [0.29, 0.717) is 0 Å². The largest absolute Gasteiger partial charge is 0.347 e. The van der Waals surface area contributed by atoms with Crippen LogP contribution in [0.15, 0.2) is 36.5 Å². The molecule has 0 saturated carbocycles. The second-order valence-electron chi connectivity index (χ2n) is 5.42. The molecule has 2 heterocycles. The minimum atomic E-state index is 0.857. The van der Waals surface area contributed by atoms with Crippen LogP contribution >= 0.6 is 0 Å². The second-order valence-corrected chi connectivity index (χ2v) is 5.42. The van der Waals surface area contributed by atoms with Crippen LogP contribution in [0.4, 0.5) is 0 Å². The van der Waals surface area contributed by atoms with Crippen LogP contribution in [0.1, 0.15) is 30.1 Å². The van der Waals surface area contributed by atoms with E-state index in [1.807, 2.05) is 13.8 Å². The van der Waals surface area contributed by atoms with Gasteiger partial charge < -0.3 is 4.57 Å². The van der Waals surface area contributed by atoms with E-state index in [9.17, 15) is 0 Å².